The number of rotatable bonds is 6. The van der Waals surface area contributed by atoms with Crippen molar-refractivity contribution in [3.63, 3.8) is 0 Å². The third kappa shape index (κ3) is 5.13. The Labute approximate surface area is 193 Å². The van der Waals surface area contributed by atoms with Gasteiger partial charge in [-0.25, -0.2) is 13.1 Å². The van der Waals surface area contributed by atoms with Crippen molar-refractivity contribution in [1.82, 2.24) is 24.7 Å². The number of hydrogen-bond donors (Lipinski definition) is 1. The van der Waals surface area contributed by atoms with Crippen LogP contribution in [0.2, 0.25) is 0 Å². The fraction of sp³-hybridized carbons (Fsp3) is 0.348. The van der Waals surface area contributed by atoms with Crippen molar-refractivity contribution in [2.75, 3.05) is 33.2 Å². The minimum Gasteiger partial charge on any atom is -0.338 e. The van der Waals surface area contributed by atoms with Gasteiger partial charge in [0.15, 0.2) is 0 Å². The summed E-state index contributed by atoms with van der Waals surface area (Å²) in [7, 11) is -2.27. The number of carbonyl (C=O) groups excluding carboxylic acids is 1. The van der Waals surface area contributed by atoms with E-state index in [-0.39, 0.29) is 10.8 Å². The predicted molar refractivity (Wildman–Crippen MR) is 123 cm³/mol. The van der Waals surface area contributed by atoms with E-state index in [4.69, 9.17) is 4.52 Å². The van der Waals surface area contributed by atoms with E-state index in [1.54, 1.807) is 17.9 Å². The van der Waals surface area contributed by atoms with E-state index in [0.717, 1.165) is 11.1 Å². The number of nitrogens with one attached hydrogen (secondary N) is 1. The van der Waals surface area contributed by atoms with Gasteiger partial charge in [0.2, 0.25) is 21.7 Å². The number of sulfonamides is 1. The summed E-state index contributed by atoms with van der Waals surface area (Å²) in [5.41, 5.74) is 3.22. The van der Waals surface area contributed by atoms with Crippen LogP contribution in [-0.4, -0.2) is 67.5 Å². The van der Waals surface area contributed by atoms with Crippen LogP contribution in [0, 0.1) is 13.8 Å². The van der Waals surface area contributed by atoms with Crippen molar-refractivity contribution < 1.29 is 17.7 Å². The van der Waals surface area contributed by atoms with Gasteiger partial charge in [-0.2, -0.15) is 4.98 Å². The van der Waals surface area contributed by atoms with E-state index in [1.807, 2.05) is 31.2 Å². The topological polar surface area (TPSA) is 109 Å². The number of aryl methyl sites for hydroxylation is 2. The summed E-state index contributed by atoms with van der Waals surface area (Å²) in [5, 5.41) is 4.08. The monoisotopic (exact) mass is 469 g/mol. The van der Waals surface area contributed by atoms with Gasteiger partial charge in [-0.05, 0) is 38.6 Å². The molecule has 1 aliphatic heterocycles. The Balaban J connectivity index is 1.38. The van der Waals surface area contributed by atoms with E-state index >= 15 is 0 Å². The summed E-state index contributed by atoms with van der Waals surface area (Å²) >= 11 is 0. The number of benzene rings is 2. The van der Waals surface area contributed by atoms with Crippen LogP contribution < -0.4 is 4.72 Å². The first kappa shape index (κ1) is 23.1. The highest BCUT2D eigenvalue weighted by Gasteiger charge is 2.25. The number of carbonyl (C=O) groups is 1. The Kier molecular flexibility index (Phi) is 6.59. The summed E-state index contributed by atoms with van der Waals surface area (Å²) in [5.74, 6) is 0.927. The SMILES string of the molecule is CNS(=O)(=O)c1ccc(C)c(C(=O)N2CCN(Cc3nc(-c4ccc(C)cc4)no3)CC2)c1. The molecule has 2 aromatic carbocycles. The van der Waals surface area contributed by atoms with Crippen LogP contribution in [0.1, 0.15) is 27.4 Å². The number of amides is 1. The molecule has 0 spiro atoms. The molecule has 0 bridgehead atoms. The summed E-state index contributed by atoms with van der Waals surface area (Å²) in [4.78, 5) is 21.6. The molecule has 0 atom stereocenters. The molecule has 0 saturated carbocycles. The maximum absolute atomic E-state index is 13.1. The molecule has 174 valence electrons. The second-order valence-corrected chi connectivity index (χ2v) is 10.0. The molecule has 0 unspecified atom stereocenters. The van der Waals surface area contributed by atoms with Crippen molar-refractivity contribution in [1.29, 1.82) is 0 Å². The van der Waals surface area contributed by atoms with Crippen LogP contribution in [0.15, 0.2) is 51.9 Å². The zero-order valence-electron chi connectivity index (χ0n) is 18.9. The maximum atomic E-state index is 13.1. The Morgan fingerprint density at radius 3 is 2.42 bits per heavy atom. The number of nitrogens with zero attached hydrogens (tertiary/aromatic N) is 4. The fourth-order valence-electron chi connectivity index (χ4n) is 3.73. The van der Waals surface area contributed by atoms with Gasteiger partial charge >= 0.3 is 0 Å². The first-order valence-corrected chi connectivity index (χ1v) is 12.2. The first-order valence-electron chi connectivity index (χ1n) is 10.7. The van der Waals surface area contributed by atoms with Crippen LogP contribution in [0.25, 0.3) is 11.4 Å². The highest BCUT2D eigenvalue weighted by atomic mass is 32.2. The van der Waals surface area contributed by atoms with Crippen LogP contribution >= 0.6 is 0 Å². The molecule has 3 aromatic rings. The molecule has 1 amide bonds. The van der Waals surface area contributed by atoms with Crippen molar-refractivity contribution in [3.05, 3.63) is 65.0 Å². The molecule has 1 fully saturated rings. The van der Waals surface area contributed by atoms with Gasteiger partial charge in [-0.3, -0.25) is 9.69 Å². The molecule has 4 rings (SSSR count). The first-order chi connectivity index (χ1) is 15.8. The fourth-order valence-corrected chi connectivity index (χ4v) is 4.48. The molecule has 2 heterocycles. The molecule has 1 saturated heterocycles. The van der Waals surface area contributed by atoms with Gasteiger partial charge < -0.3 is 9.42 Å². The molecule has 0 radical (unpaired) electrons. The zero-order valence-corrected chi connectivity index (χ0v) is 19.7. The Morgan fingerprint density at radius 1 is 1.06 bits per heavy atom. The van der Waals surface area contributed by atoms with Crippen molar-refractivity contribution in [3.8, 4) is 11.4 Å². The lowest BCUT2D eigenvalue weighted by Crippen LogP contribution is -2.48. The average molecular weight is 470 g/mol. The third-order valence-electron chi connectivity index (χ3n) is 5.81. The van der Waals surface area contributed by atoms with Gasteiger partial charge in [0.1, 0.15) is 0 Å². The molecule has 1 aliphatic rings. The van der Waals surface area contributed by atoms with Crippen LogP contribution in [0.5, 0.6) is 0 Å². The number of hydrogen-bond acceptors (Lipinski definition) is 7. The maximum Gasteiger partial charge on any atom is 0.254 e. The van der Waals surface area contributed by atoms with E-state index in [2.05, 4.69) is 19.8 Å². The Bertz CT molecular complexity index is 1250. The second-order valence-electron chi connectivity index (χ2n) is 8.13. The second kappa shape index (κ2) is 9.42. The standard InChI is InChI=1S/C23H27N5O4S/c1-16-4-7-18(8-5-16)22-25-21(32-26-22)15-27-10-12-28(13-11-27)23(29)20-14-19(9-6-17(20)2)33(30,31)24-3/h4-9,14,24H,10-13,15H2,1-3H3. The van der Waals surface area contributed by atoms with E-state index in [0.29, 0.717) is 50.0 Å². The van der Waals surface area contributed by atoms with Gasteiger partial charge in [0.25, 0.3) is 5.91 Å². The highest BCUT2D eigenvalue weighted by molar-refractivity contribution is 7.89. The molecule has 1 aromatic heterocycles. The Hall–Kier alpha value is -3.08. The van der Waals surface area contributed by atoms with Crippen LogP contribution in [-0.2, 0) is 16.6 Å². The van der Waals surface area contributed by atoms with Gasteiger partial charge in [0.05, 0.1) is 11.4 Å². The molecule has 33 heavy (non-hydrogen) atoms. The molecular formula is C23H27N5O4S. The molecular weight excluding hydrogens is 442 g/mol. The smallest absolute Gasteiger partial charge is 0.254 e. The number of aromatic nitrogens is 2. The minimum absolute atomic E-state index is 0.0818. The largest absolute Gasteiger partial charge is 0.338 e. The lowest BCUT2D eigenvalue weighted by Gasteiger charge is -2.34. The molecule has 10 heteroatoms. The lowest BCUT2D eigenvalue weighted by molar-refractivity contribution is 0.0614. The van der Waals surface area contributed by atoms with Crippen LogP contribution in [0.4, 0.5) is 0 Å². The summed E-state index contributed by atoms with van der Waals surface area (Å²) < 4.78 is 32.0. The highest BCUT2D eigenvalue weighted by Crippen LogP contribution is 2.20. The summed E-state index contributed by atoms with van der Waals surface area (Å²) in [6, 6.07) is 12.6. The van der Waals surface area contributed by atoms with Gasteiger partial charge in [-0.15, -0.1) is 0 Å². The van der Waals surface area contributed by atoms with Crippen molar-refractivity contribution >= 4 is 15.9 Å². The molecule has 0 aliphatic carbocycles. The molecule has 9 nitrogen and oxygen atoms in total. The Morgan fingerprint density at radius 2 is 1.76 bits per heavy atom. The minimum atomic E-state index is -3.62. The van der Waals surface area contributed by atoms with E-state index in [1.165, 1.54) is 24.7 Å². The summed E-state index contributed by atoms with van der Waals surface area (Å²) in [6.07, 6.45) is 0. The predicted octanol–water partition coefficient (Wildman–Crippen LogP) is 2.22. The van der Waals surface area contributed by atoms with Gasteiger partial charge in [-0.1, -0.05) is 41.1 Å². The zero-order chi connectivity index (χ0) is 23.6. The van der Waals surface area contributed by atoms with E-state index in [9.17, 15) is 13.2 Å². The normalized spacial score (nSPS) is 15.1. The van der Waals surface area contributed by atoms with Crippen LogP contribution in [0.3, 0.4) is 0 Å². The van der Waals surface area contributed by atoms with Gasteiger partial charge in [0, 0.05) is 37.3 Å². The average Bonchev–Trinajstić information content (AvgIpc) is 3.28. The van der Waals surface area contributed by atoms with Crippen molar-refractivity contribution in [2.45, 2.75) is 25.3 Å². The van der Waals surface area contributed by atoms with Crippen molar-refractivity contribution in [2.24, 2.45) is 0 Å². The van der Waals surface area contributed by atoms with E-state index < -0.39 is 10.0 Å². The quantitative estimate of drug-likeness (QED) is 0.590. The third-order valence-corrected chi connectivity index (χ3v) is 7.23. The molecule has 1 N–H and O–H groups in total. The number of piperazine rings is 1. The summed E-state index contributed by atoms with van der Waals surface area (Å²) in [6.45, 7) is 6.71. The lowest BCUT2D eigenvalue weighted by atomic mass is 10.1.